The number of nitrogens with zero attached hydrogens (tertiary/aromatic N) is 3. The SMILES string of the molecule is COCC1CCN(S(=O)(=O)N(C)CC2CCN(Cc3ccccc3)CC2)CC1. The predicted molar refractivity (Wildman–Crippen MR) is 112 cm³/mol. The van der Waals surface area contributed by atoms with Gasteiger partial charge in [-0.1, -0.05) is 30.3 Å². The number of likely N-dealkylation sites (tertiary alicyclic amines) is 1. The van der Waals surface area contributed by atoms with Gasteiger partial charge < -0.3 is 4.74 Å². The van der Waals surface area contributed by atoms with Gasteiger partial charge in [-0.05, 0) is 56.2 Å². The molecule has 2 aliphatic rings. The zero-order chi connectivity index (χ0) is 20.0. The van der Waals surface area contributed by atoms with Crippen molar-refractivity contribution in [3.63, 3.8) is 0 Å². The molecule has 1 aromatic carbocycles. The molecule has 0 aliphatic carbocycles. The van der Waals surface area contributed by atoms with Gasteiger partial charge in [-0.3, -0.25) is 4.90 Å². The summed E-state index contributed by atoms with van der Waals surface area (Å²) in [4.78, 5) is 2.47. The summed E-state index contributed by atoms with van der Waals surface area (Å²) in [6.07, 6.45) is 3.89. The first-order valence-electron chi connectivity index (χ1n) is 10.5. The predicted octanol–water partition coefficient (Wildman–Crippen LogP) is 2.43. The molecule has 0 atom stereocenters. The average molecular weight is 410 g/mol. The molecule has 3 rings (SSSR count). The monoisotopic (exact) mass is 409 g/mol. The van der Waals surface area contributed by atoms with Crippen molar-refractivity contribution in [2.24, 2.45) is 11.8 Å². The fourth-order valence-electron chi connectivity index (χ4n) is 4.37. The molecule has 0 unspecified atom stereocenters. The molecule has 2 aliphatic heterocycles. The van der Waals surface area contributed by atoms with Gasteiger partial charge in [0, 0.05) is 46.9 Å². The summed E-state index contributed by atoms with van der Waals surface area (Å²) >= 11 is 0. The highest BCUT2D eigenvalue weighted by molar-refractivity contribution is 7.86. The first-order chi connectivity index (χ1) is 13.5. The van der Waals surface area contributed by atoms with E-state index in [1.807, 2.05) is 6.07 Å². The first kappa shape index (κ1) is 21.7. The molecule has 0 radical (unpaired) electrons. The van der Waals surface area contributed by atoms with Gasteiger partial charge in [-0.25, -0.2) is 0 Å². The van der Waals surface area contributed by atoms with Crippen molar-refractivity contribution in [3.05, 3.63) is 35.9 Å². The molecule has 7 heteroatoms. The van der Waals surface area contributed by atoms with Crippen LogP contribution in [-0.2, 0) is 21.5 Å². The van der Waals surface area contributed by atoms with E-state index >= 15 is 0 Å². The quantitative estimate of drug-likeness (QED) is 0.662. The maximum absolute atomic E-state index is 12.9. The normalized spacial score (nSPS) is 21.4. The summed E-state index contributed by atoms with van der Waals surface area (Å²) < 4.78 is 34.3. The molecule has 0 spiro atoms. The summed E-state index contributed by atoms with van der Waals surface area (Å²) in [5, 5.41) is 0. The van der Waals surface area contributed by atoms with Crippen LogP contribution in [0.3, 0.4) is 0 Å². The number of methoxy groups -OCH3 is 1. The van der Waals surface area contributed by atoms with Crippen LogP contribution in [0.2, 0.25) is 0 Å². The van der Waals surface area contributed by atoms with E-state index in [-0.39, 0.29) is 0 Å². The molecule has 1 aromatic rings. The van der Waals surface area contributed by atoms with Crippen LogP contribution in [0.5, 0.6) is 0 Å². The van der Waals surface area contributed by atoms with Crippen LogP contribution in [0.15, 0.2) is 30.3 Å². The van der Waals surface area contributed by atoms with Gasteiger partial charge in [0.15, 0.2) is 0 Å². The second-order valence-electron chi connectivity index (χ2n) is 8.29. The van der Waals surface area contributed by atoms with Crippen molar-refractivity contribution < 1.29 is 13.2 Å². The Hall–Kier alpha value is -0.990. The Morgan fingerprint density at radius 3 is 2.21 bits per heavy atom. The largest absolute Gasteiger partial charge is 0.384 e. The van der Waals surface area contributed by atoms with Gasteiger partial charge in [0.2, 0.25) is 0 Å². The summed E-state index contributed by atoms with van der Waals surface area (Å²) in [7, 11) is 0.104. The molecule has 0 bridgehead atoms. The number of hydrogen-bond donors (Lipinski definition) is 0. The second kappa shape index (κ2) is 10.2. The van der Waals surface area contributed by atoms with Crippen molar-refractivity contribution in [2.75, 3.05) is 53.5 Å². The van der Waals surface area contributed by atoms with Crippen molar-refractivity contribution >= 4 is 10.2 Å². The lowest BCUT2D eigenvalue weighted by Gasteiger charge is -2.36. The Labute approximate surface area is 170 Å². The van der Waals surface area contributed by atoms with Crippen LogP contribution in [0.25, 0.3) is 0 Å². The molecule has 2 saturated heterocycles. The zero-order valence-electron chi connectivity index (χ0n) is 17.3. The lowest BCUT2D eigenvalue weighted by molar-refractivity contribution is 0.119. The Bertz CT molecular complexity index is 682. The van der Waals surface area contributed by atoms with E-state index in [9.17, 15) is 8.42 Å². The standard InChI is InChI=1S/C21H35N3O3S/c1-22(28(25,26)24-14-10-21(11-15-24)18-27-2)16-20-8-12-23(13-9-20)17-19-6-4-3-5-7-19/h3-7,20-21H,8-18H2,1-2H3. The first-order valence-corrected chi connectivity index (χ1v) is 11.9. The van der Waals surface area contributed by atoms with Crippen LogP contribution >= 0.6 is 0 Å². The minimum absolute atomic E-state index is 0.442. The lowest BCUT2D eigenvalue weighted by atomic mass is 9.96. The third kappa shape index (κ3) is 5.76. The Morgan fingerprint density at radius 1 is 1.00 bits per heavy atom. The maximum atomic E-state index is 12.9. The molecule has 0 amide bonds. The fourth-order valence-corrected chi connectivity index (χ4v) is 5.83. The summed E-state index contributed by atoms with van der Waals surface area (Å²) in [5.41, 5.74) is 1.34. The number of rotatable bonds is 8. The highest BCUT2D eigenvalue weighted by Gasteiger charge is 2.32. The number of benzene rings is 1. The van der Waals surface area contributed by atoms with E-state index in [4.69, 9.17) is 4.74 Å². The number of piperidine rings is 2. The molecule has 6 nitrogen and oxygen atoms in total. The van der Waals surface area contributed by atoms with Crippen LogP contribution < -0.4 is 0 Å². The smallest absolute Gasteiger partial charge is 0.281 e. The minimum Gasteiger partial charge on any atom is -0.384 e. The van der Waals surface area contributed by atoms with Gasteiger partial charge in [0.05, 0.1) is 0 Å². The van der Waals surface area contributed by atoms with Crippen LogP contribution in [-0.4, -0.2) is 75.4 Å². The van der Waals surface area contributed by atoms with Gasteiger partial charge >= 0.3 is 0 Å². The van der Waals surface area contributed by atoms with E-state index < -0.39 is 10.2 Å². The zero-order valence-corrected chi connectivity index (χ0v) is 18.1. The van der Waals surface area contributed by atoms with E-state index in [1.165, 1.54) is 5.56 Å². The van der Waals surface area contributed by atoms with E-state index in [2.05, 4.69) is 29.2 Å². The molecular formula is C21H35N3O3S. The lowest BCUT2D eigenvalue weighted by Crippen LogP contribution is -2.48. The van der Waals surface area contributed by atoms with Crippen molar-refractivity contribution in [1.82, 2.24) is 13.5 Å². The van der Waals surface area contributed by atoms with E-state index in [0.29, 0.717) is 31.5 Å². The van der Waals surface area contributed by atoms with Crippen LogP contribution in [0, 0.1) is 11.8 Å². The van der Waals surface area contributed by atoms with Gasteiger partial charge in [0.1, 0.15) is 0 Å². The Balaban J connectivity index is 1.44. The highest BCUT2D eigenvalue weighted by Crippen LogP contribution is 2.24. The average Bonchev–Trinajstić information content (AvgIpc) is 2.71. The van der Waals surface area contributed by atoms with Crippen molar-refractivity contribution in [1.29, 1.82) is 0 Å². The molecule has 2 heterocycles. The molecule has 28 heavy (non-hydrogen) atoms. The van der Waals surface area contributed by atoms with Crippen molar-refractivity contribution in [3.8, 4) is 0 Å². The third-order valence-corrected chi connectivity index (χ3v) is 8.12. The minimum atomic E-state index is -3.35. The van der Waals surface area contributed by atoms with Gasteiger partial charge in [0.25, 0.3) is 10.2 Å². The third-order valence-electron chi connectivity index (χ3n) is 6.17. The van der Waals surface area contributed by atoms with Crippen molar-refractivity contribution in [2.45, 2.75) is 32.2 Å². The fraction of sp³-hybridized carbons (Fsp3) is 0.714. The van der Waals surface area contributed by atoms with Gasteiger partial charge in [-0.15, -0.1) is 0 Å². The van der Waals surface area contributed by atoms with E-state index in [0.717, 1.165) is 51.9 Å². The molecule has 158 valence electrons. The van der Waals surface area contributed by atoms with Crippen LogP contribution in [0.1, 0.15) is 31.2 Å². The number of ether oxygens (including phenoxy) is 1. The number of hydrogen-bond acceptors (Lipinski definition) is 4. The maximum Gasteiger partial charge on any atom is 0.281 e. The molecular weight excluding hydrogens is 374 g/mol. The highest BCUT2D eigenvalue weighted by atomic mass is 32.2. The summed E-state index contributed by atoms with van der Waals surface area (Å²) in [6, 6.07) is 10.6. The molecule has 2 fully saturated rings. The summed E-state index contributed by atoms with van der Waals surface area (Å²) in [5.74, 6) is 0.925. The van der Waals surface area contributed by atoms with Gasteiger partial charge in [-0.2, -0.15) is 17.0 Å². The second-order valence-corrected chi connectivity index (χ2v) is 10.3. The Morgan fingerprint density at radius 2 is 1.61 bits per heavy atom. The molecule has 0 saturated carbocycles. The van der Waals surface area contributed by atoms with E-state index in [1.54, 1.807) is 22.8 Å². The van der Waals surface area contributed by atoms with Crippen LogP contribution in [0.4, 0.5) is 0 Å². The summed E-state index contributed by atoms with van der Waals surface area (Å²) in [6.45, 7) is 5.63. The Kier molecular flexibility index (Phi) is 7.88. The molecule has 0 N–H and O–H groups in total. The molecule has 0 aromatic heterocycles. The topological polar surface area (TPSA) is 53.1 Å².